The molecular formula is C25H21N5O3S. The Hall–Kier alpha value is -4.24. The van der Waals surface area contributed by atoms with E-state index in [1.165, 1.54) is 17.4 Å². The molecule has 0 amide bonds. The van der Waals surface area contributed by atoms with E-state index in [4.69, 9.17) is 9.15 Å². The Kier molecular flexibility index (Phi) is 5.92. The second-order valence-corrected chi connectivity index (χ2v) is 8.47. The van der Waals surface area contributed by atoms with Gasteiger partial charge < -0.3 is 9.15 Å². The number of nitrogens with zero attached hydrogens (tertiary/aromatic N) is 5. The van der Waals surface area contributed by atoms with Gasteiger partial charge >= 0.3 is 5.97 Å². The number of aryl methyl sites for hydroxylation is 2. The van der Waals surface area contributed by atoms with Crippen molar-refractivity contribution in [3.63, 3.8) is 0 Å². The van der Waals surface area contributed by atoms with Crippen molar-refractivity contribution < 1.29 is 13.9 Å². The van der Waals surface area contributed by atoms with Crippen molar-refractivity contribution in [1.82, 2.24) is 24.5 Å². The topological polar surface area (TPSA) is 88.0 Å². The molecule has 0 fully saturated rings. The van der Waals surface area contributed by atoms with Crippen LogP contribution in [0.15, 0.2) is 76.9 Å². The van der Waals surface area contributed by atoms with E-state index in [1.807, 2.05) is 74.2 Å². The summed E-state index contributed by atoms with van der Waals surface area (Å²) in [6.07, 6.45) is 8.58. The lowest BCUT2D eigenvalue weighted by Crippen LogP contribution is -2.01. The predicted molar refractivity (Wildman–Crippen MR) is 129 cm³/mol. The Bertz CT molecular complexity index is 1460. The fourth-order valence-corrected chi connectivity index (χ4v) is 4.14. The molecule has 0 aliphatic rings. The highest BCUT2D eigenvalue weighted by Gasteiger charge is 2.14. The van der Waals surface area contributed by atoms with Crippen LogP contribution >= 0.6 is 11.3 Å². The number of carbonyl (C=O) groups is 1. The van der Waals surface area contributed by atoms with Crippen molar-refractivity contribution in [2.45, 2.75) is 13.5 Å². The number of esters is 1. The van der Waals surface area contributed by atoms with Gasteiger partial charge in [-0.3, -0.25) is 4.68 Å². The molecular weight excluding hydrogens is 450 g/mol. The molecule has 170 valence electrons. The lowest BCUT2D eigenvalue weighted by molar-refractivity contribution is -0.139. The zero-order valence-electron chi connectivity index (χ0n) is 18.6. The van der Waals surface area contributed by atoms with Crippen LogP contribution in [0, 0.1) is 6.92 Å². The van der Waals surface area contributed by atoms with Crippen molar-refractivity contribution in [3.8, 4) is 27.7 Å². The van der Waals surface area contributed by atoms with Gasteiger partial charge in [0.1, 0.15) is 23.1 Å². The van der Waals surface area contributed by atoms with Crippen LogP contribution in [0.2, 0.25) is 0 Å². The van der Waals surface area contributed by atoms with E-state index >= 15 is 0 Å². The Morgan fingerprint density at radius 1 is 1.18 bits per heavy atom. The van der Waals surface area contributed by atoms with Crippen molar-refractivity contribution >= 4 is 23.4 Å². The van der Waals surface area contributed by atoms with Crippen LogP contribution in [-0.2, 0) is 23.2 Å². The molecule has 0 atom stereocenters. The minimum absolute atomic E-state index is 0.0907. The number of carbonyl (C=O) groups excluding carboxylic acids is 1. The maximum absolute atomic E-state index is 12.4. The fourth-order valence-electron chi connectivity index (χ4n) is 3.36. The Morgan fingerprint density at radius 2 is 2.03 bits per heavy atom. The second kappa shape index (κ2) is 9.32. The Balaban J connectivity index is 1.31. The van der Waals surface area contributed by atoms with Crippen LogP contribution in [0.1, 0.15) is 17.0 Å². The van der Waals surface area contributed by atoms with E-state index < -0.39 is 5.97 Å². The first-order chi connectivity index (χ1) is 16.5. The minimum atomic E-state index is -0.468. The molecule has 0 saturated carbocycles. The van der Waals surface area contributed by atoms with E-state index in [-0.39, 0.29) is 6.61 Å². The molecule has 4 heterocycles. The van der Waals surface area contributed by atoms with Gasteiger partial charge in [0.2, 0.25) is 0 Å². The number of rotatable bonds is 7. The number of hydrogen-bond acceptors (Lipinski definition) is 7. The Labute approximate surface area is 199 Å². The van der Waals surface area contributed by atoms with Crippen LogP contribution < -0.4 is 0 Å². The number of benzene rings is 1. The number of hydrogen-bond donors (Lipinski definition) is 0. The largest absolute Gasteiger partial charge is 0.460 e. The highest BCUT2D eigenvalue weighted by atomic mass is 32.1. The van der Waals surface area contributed by atoms with E-state index in [0.29, 0.717) is 17.1 Å². The molecule has 0 unspecified atom stereocenters. The van der Waals surface area contributed by atoms with Gasteiger partial charge in [-0.25, -0.2) is 14.5 Å². The van der Waals surface area contributed by atoms with Crippen LogP contribution in [0.25, 0.3) is 33.8 Å². The fraction of sp³-hybridized carbons (Fsp3) is 0.120. The van der Waals surface area contributed by atoms with Gasteiger partial charge in [-0.2, -0.15) is 10.2 Å². The molecule has 0 saturated heterocycles. The first kappa shape index (κ1) is 21.6. The standard InChI is InChI=1S/C25H21N5O3S/c1-17-8-10-22(33-17)24-18(14-30(28-24)21-6-4-3-5-7-21)9-11-23(31)32-15-20-16-34-25(27-20)19-12-26-29(2)13-19/h3-14,16H,15H2,1-2H3/b11-9+. The first-order valence-corrected chi connectivity index (χ1v) is 11.4. The van der Waals surface area contributed by atoms with E-state index in [0.717, 1.165) is 27.6 Å². The predicted octanol–water partition coefficient (Wildman–Crippen LogP) is 5.05. The smallest absolute Gasteiger partial charge is 0.331 e. The Morgan fingerprint density at radius 3 is 2.76 bits per heavy atom. The molecule has 0 aliphatic heterocycles. The van der Waals surface area contributed by atoms with Gasteiger partial charge in [-0.1, -0.05) is 18.2 Å². The molecule has 0 bridgehead atoms. The van der Waals surface area contributed by atoms with Crippen molar-refractivity contribution in [2.24, 2.45) is 7.05 Å². The summed E-state index contributed by atoms with van der Waals surface area (Å²) in [7, 11) is 1.86. The third kappa shape index (κ3) is 4.74. The molecule has 34 heavy (non-hydrogen) atoms. The number of aromatic nitrogens is 5. The van der Waals surface area contributed by atoms with E-state index in [2.05, 4.69) is 15.2 Å². The van der Waals surface area contributed by atoms with Gasteiger partial charge in [0.05, 0.1) is 17.6 Å². The summed E-state index contributed by atoms with van der Waals surface area (Å²) in [5, 5.41) is 11.5. The van der Waals surface area contributed by atoms with Crippen LogP contribution in [0.3, 0.4) is 0 Å². The monoisotopic (exact) mass is 471 g/mol. The normalized spacial score (nSPS) is 11.4. The summed E-state index contributed by atoms with van der Waals surface area (Å²) in [6, 6.07) is 13.5. The third-order valence-electron chi connectivity index (χ3n) is 5.00. The van der Waals surface area contributed by atoms with Crippen LogP contribution in [0.5, 0.6) is 0 Å². The average Bonchev–Trinajstić information content (AvgIpc) is 3.63. The zero-order valence-corrected chi connectivity index (χ0v) is 19.4. The molecule has 1 aromatic carbocycles. The summed E-state index contributed by atoms with van der Waals surface area (Å²) in [6.45, 7) is 1.97. The second-order valence-electron chi connectivity index (χ2n) is 7.61. The summed E-state index contributed by atoms with van der Waals surface area (Å²) in [4.78, 5) is 16.9. The molecule has 0 aliphatic carbocycles. The van der Waals surface area contributed by atoms with Gasteiger partial charge in [-0.15, -0.1) is 11.3 Å². The van der Waals surface area contributed by atoms with Crippen molar-refractivity contribution in [3.05, 3.63) is 89.5 Å². The summed E-state index contributed by atoms with van der Waals surface area (Å²) < 4.78 is 14.6. The first-order valence-electron chi connectivity index (χ1n) is 10.6. The number of thiazole rings is 1. The molecule has 0 radical (unpaired) electrons. The molecule has 9 heteroatoms. The van der Waals surface area contributed by atoms with Gasteiger partial charge in [-0.05, 0) is 37.3 Å². The third-order valence-corrected chi connectivity index (χ3v) is 5.94. The minimum Gasteiger partial charge on any atom is -0.460 e. The zero-order chi connectivity index (χ0) is 23.5. The summed E-state index contributed by atoms with van der Waals surface area (Å²) >= 11 is 1.48. The number of ether oxygens (including phenoxy) is 1. The lowest BCUT2D eigenvalue weighted by Gasteiger charge is -1.98. The van der Waals surface area contributed by atoms with Crippen LogP contribution in [-0.4, -0.2) is 30.5 Å². The van der Waals surface area contributed by atoms with E-state index in [9.17, 15) is 4.79 Å². The number of furan rings is 1. The summed E-state index contributed by atoms with van der Waals surface area (Å²) in [5.41, 5.74) is 3.90. The lowest BCUT2D eigenvalue weighted by atomic mass is 10.2. The highest BCUT2D eigenvalue weighted by molar-refractivity contribution is 7.13. The molecule has 0 N–H and O–H groups in total. The van der Waals surface area contributed by atoms with Gasteiger partial charge in [0.25, 0.3) is 0 Å². The maximum Gasteiger partial charge on any atom is 0.331 e. The average molecular weight is 472 g/mol. The van der Waals surface area contributed by atoms with Gasteiger partial charge in [0, 0.05) is 42.0 Å². The quantitative estimate of drug-likeness (QED) is 0.244. The maximum atomic E-state index is 12.4. The van der Waals surface area contributed by atoms with E-state index in [1.54, 1.807) is 21.6 Å². The van der Waals surface area contributed by atoms with Crippen molar-refractivity contribution in [2.75, 3.05) is 0 Å². The molecule has 8 nitrogen and oxygen atoms in total. The highest BCUT2D eigenvalue weighted by Crippen LogP contribution is 2.27. The number of para-hydroxylation sites is 1. The van der Waals surface area contributed by atoms with Crippen molar-refractivity contribution in [1.29, 1.82) is 0 Å². The van der Waals surface area contributed by atoms with Crippen LogP contribution in [0.4, 0.5) is 0 Å². The molecule has 5 aromatic rings. The summed E-state index contributed by atoms with van der Waals surface area (Å²) in [5.74, 6) is 0.947. The van der Waals surface area contributed by atoms with Gasteiger partial charge in [0.15, 0.2) is 5.76 Å². The molecule has 5 rings (SSSR count). The SMILES string of the molecule is Cc1ccc(-c2nn(-c3ccccc3)cc2/C=C/C(=O)OCc2csc(-c3cnn(C)c3)n2)o1. The molecule has 4 aromatic heterocycles. The molecule has 0 spiro atoms.